The van der Waals surface area contributed by atoms with Gasteiger partial charge in [-0.25, -0.2) is 0 Å². The van der Waals surface area contributed by atoms with Crippen LogP contribution in [0.4, 0.5) is 5.82 Å². The highest BCUT2D eigenvalue weighted by Gasteiger charge is 2.32. The molecule has 1 fully saturated rings. The lowest BCUT2D eigenvalue weighted by molar-refractivity contribution is -0.136. The normalized spacial score (nSPS) is 17.9. The molecule has 1 amide bonds. The summed E-state index contributed by atoms with van der Waals surface area (Å²) in [5.41, 5.74) is 7.93. The van der Waals surface area contributed by atoms with Crippen LogP contribution >= 0.6 is 11.6 Å². The average molecular weight is 438 g/mol. The van der Waals surface area contributed by atoms with E-state index >= 15 is 0 Å². The molecular formula is C24H28ClN5O. The number of piperazine rings is 1. The molecule has 31 heavy (non-hydrogen) atoms. The Hall–Kier alpha value is -2.70. The summed E-state index contributed by atoms with van der Waals surface area (Å²) in [5.74, 6) is 0.990. The van der Waals surface area contributed by atoms with Gasteiger partial charge in [-0.15, -0.1) is 10.2 Å². The van der Waals surface area contributed by atoms with Crippen molar-refractivity contribution in [2.24, 2.45) is 11.7 Å². The van der Waals surface area contributed by atoms with E-state index in [4.69, 9.17) is 17.3 Å². The second-order valence-electron chi connectivity index (χ2n) is 8.52. The predicted molar refractivity (Wildman–Crippen MR) is 126 cm³/mol. The number of halogens is 1. The van der Waals surface area contributed by atoms with Gasteiger partial charge in [0.1, 0.15) is 5.69 Å². The first-order chi connectivity index (χ1) is 14.9. The van der Waals surface area contributed by atoms with Crippen LogP contribution in [-0.2, 0) is 4.79 Å². The molecule has 0 saturated carbocycles. The number of anilines is 1. The smallest absolute Gasteiger partial charge is 0.240 e. The molecule has 1 saturated heterocycles. The number of carbonyl (C=O) groups is 1. The zero-order valence-electron chi connectivity index (χ0n) is 18.1. The Balaban J connectivity index is 1.63. The second kappa shape index (κ2) is 8.81. The summed E-state index contributed by atoms with van der Waals surface area (Å²) < 4.78 is 0. The second-order valence-corrected chi connectivity index (χ2v) is 8.96. The molecule has 0 bridgehead atoms. The van der Waals surface area contributed by atoms with Gasteiger partial charge in [0, 0.05) is 47.0 Å². The fourth-order valence-electron chi connectivity index (χ4n) is 4.10. The fraction of sp³-hybridized carbons (Fsp3) is 0.375. The van der Waals surface area contributed by atoms with Crippen LogP contribution in [0.1, 0.15) is 20.8 Å². The number of fused-ring (bicyclic) bond motifs is 1. The molecule has 4 rings (SSSR count). The van der Waals surface area contributed by atoms with E-state index in [1.807, 2.05) is 55.1 Å². The van der Waals surface area contributed by atoms with Gasteiger partial charge in [0.2, 0.25) is 5.91 Å². The minimum absolute atomic E-state index is 0.0242. The Bertz CT molecular complexity index is 1090. The number of aromatic nitrogens is 2. The lowest BCUT2D eigenvalue weighted by atomic mass is 10.0. The van der Waals surface area contributed by atoms with Crippen molar-refractivity contribution >= 4 is 34.1 Å². The highest BCUT2D eigenvalue weighted by atomic mass is 35.5. The molecule has 1 aliphatic rings. The molecule has 2 aromatic carbocycles. The molecule has 1 aromatic heterocycles. The van der Waals surface area contributed by atoms with E-state index in [9.17, 15) is 4.79 Å². The zero-order chi connectivity index (χ0) is 22.1. The Morgan fingerprint density at radius 3 is 2.39 bits per heavy atom. The van der Waals surface area contributed by atoms with Crippen molar-refractivity contribution in [3.8, 4) is 11.3 Å². The summed E-state index contributed by atoms with van der Waals surface area (Å²) in [6.07, 6.45) is 0. The molecule has 1 aliphatic heterocycles. The van der Waals surface area contributed by atoms with E-state index in [1.165, 1.54) is 0 Å². The minimum atomic E-state index is -0.465. The lowest BCUT2D eigenvalue weighted by Gasteiger charge is -2.41. The molecular weight excluding hydrogens is 410 g/mol. The number of benzene rings is 2. The SMILES string of the molecule is CC(C)C(N)C(=O)N1CCN(c2nnc(-c3ccc(Cl)cc3)c3ccccc23)C[C@H]1C. The first-order valence-electron chi connectivity index (χ1n) is 10.7. The molecule has 1 unspecified atom stereocenters. The minimum Gasteiger partial charge on any atom is -0.351 e. The summed E-state index contributed by atoms with van der Waals surface area (Å²) in [6.45, 7) is 8.03. The molecule has 2 N–H and O–H groups in total. The summed E-state index contributed by atoms with van der Waals surface area (Å²) in [4.78, 5) is 16.9. The Morgan fingerprint density at radius 1 is 1.06 bits per heavy atom. The van der Waals surface area contributed by atoms with Crippen molar-refractivity contribution in [3.63, 3.8) is 0 Å². The van der Waals surface area contributed by atoms with Crippen molar-refractivity contribution < 1.29 is 4.79 Å². The number of rotatable bonds is 4. The Labute approximate surface area is 188 Å². The topological polar surface area (TPSA) is 75.4 Å². The summed E-state index contributed by atoms with van der Waals surface area (Å²) in [7, 11) is 0. The highest BCUT2D eigenvalue weighted by molar-refractivity contribution is 6.30. The molecule has 0 spiro atoms. The van der Waals surface area contributed by atoms with E-state index < -0.39 is 6.04 Å². The number of nitrogens with zero attached hydrogens (tertiary/aromatic N) is 4. The number of amides is 1. The number of hydrogen-bond donors (Lipinski definition) is 1. The quantitative estimate of drug-likeness (QED) is 0.668. The van der Waals surface area contributed by atoms with Gasteiger partial charge in [-0.1, -0.05) is 61.8 Å². The lowest BCUT2D eigenvalue weighted by Crippen LogP contribution is -2.58. The summed E-state index contributed by atoms with van der Waals surface area (Å²) in [6, 6.07) is 15.4. The maximum atomic E-state index is 12.8. The van der Waals surface area contributed by atoms with Gasteiger partial charge in [0.15, 0.2) is 5.82 Å². The van der Waals surface area contributed by atoms with Crippen LogP contribution in [0.3, 0.4) is 0 Å². The first kappa shape index (κ1) is 21.5. The van der Waals surface area contributed by atoms with Gasteiger partial charge in [0.05, 0.1) is 6.04 Å². The Morgan fingerprint density at radius 2 is 1.74 bits per heavy atom. The Kier molecular flexibility index (Phi) is 6.12. The molecule has 0 aliphatic carbocycles. The fourth-order valence-corrected chi connectivity index (χ4v) is 4.22. The zero-order valence-corrected chi connectivity index (χ0v) is 18.9. The van der Waals surface area contributed by atoms with Crippen molar-refractivity contribution in [3.05, 3.63) is 53.6 Å². The molecule has 2 heterocycles. The molecule has 0 radical (unpaired) electrons. The average Bonchev–Trinajstić information content (AvgIpc) is 2.78. The number of hydrogen-bond acceptors (Lipinski definition) is 5. The highest BCUT2D eigenvalue weighted by Crippen LogP contribution is 2.32. The van der Waals surface area contributed by atoms with Crippen LogP contribution in [-0.4, -0.2) is 52.7 Å². The third-order valence-corrected chi connectivity index (χ3v) is 6.25. The molecule has 162 valence electrons. The van der Waals surface area contributed by atoms with Crippen LogP contribution in [0.15, 0.2) is 48.5 Å². The van der Waals surface area contributed by atoms with E-state index in [2.05, 4.69) is 34.2 Å². The van der Waals surface area contributed by atoms with E-state index in [1.54, 1.807) is 0 Å². The van der Waals surface area contributed by atoms with Crippen LogP contribution in [0.2, 0.25) is 5.02 Å². The van der Waals surface area contributed by atoms with Crippen molar-refractivity contribution in [1.29, 1.82) is 0 Å². The van der Waals surface area contributed by atoms with Crippen molar-refractivity contribution in [2.45, 2.75) is 32.9 Å². The predicted octanol–water partition coefficient (Wildman–Crippen LogP) is 3.97. The van der Waals surface area contributed by atoms with Crippen LogP contribution in [0.5, 0.6) is 0 Å². The van der Waals surface area contributed by atoms with Crippen LogP contribution in [0, 0.1) is 5.92 Å². The number of carbonyl (C=O) groups excluding carboxylic acids is 1. The number of nitrogens with two attached hydrogens (primary N) is 1. The van der Waals surface area contributed by atoms with Crippen molar-refractivity contribution in [2.75, 3.05) is 24.5 Å². The van der Waals surface area contributed by atoms with Gasteiger partial charge in [-0.2, -0.15) is 0 Å². The van der Waals surface area contributed by atoms with E-state index in [-0.39, 0.29) is 17.9 Å². The first-order valence-corrected chi connectivity index (χ1v) is 11.1. The molecule has 3 aromatic rings. The largest absolute Gasteiger partial charge is 0.351 e. The summed E-state index contributed by atoms with van der Waals surface area (Å²) in [5, 5.41) is 12.0. The molecule has 7 heteroatoms. The monoisotopic (exact) mass is 437 g/mol. The summed E-state index contributed by atoms with van der Waals surface area (Å²) >= 11 is 6.05. The van der Waals surface area contributed by atoms with E-state index in [0.717, 1.165) is 27.8 Å². The van der Waals surface area contributed by atoms with Gasteiger partial charge in [-0.3, -0.25) is 4.79 Å². The van der Waals surface area contributed by atoms with Crippen LogP contribution in [0.25, 0.3) is 22.0 Å². The standard InChI is InChI=1S/C24H28ClN5O/c1-15(2)21(26)24(31)30-13-12-29(14-16(30)3)23-20-7-5-4-6-19(20)22(27-28-23)17-8-10-18(25)11-9-17/h4-11,15-16,21H,12-14,26H2,1-3H3/t16-,21?/m1/s1. The van der Waals surface area contributed by atoms with Gasteiger partial charge >= 0.3 is 0 Å². The maximum Gasteiger partial charge on any atom is 0.240 e. The van der Waals surface area contributed by atoms with Crippen molar-refractivity contribution in [1.82, 2.24) is 15.1 Å². The third kappa shape index (κ3) is 4.23. The van der Waals surface area contributed by atoms with Gasteiger partial charge in [0.25, 0.3) is 0 Å². The molecule has 2 atom stereocenters. The third-order valence-electron chi connectivity index (χ3n) is 6.00. The van der Waals surface area contributed by atoms with Crippen LogP contribution < -0.4 is 10.6 Å². The maximum absolute atomic E-state index is 12.8. The van der Waals surface area contributed by atoms with E-state index in [0.29, 0.717) is 24.7 Å². The molecule has 6 nitrogen and oxygen atoms in total. The van der Waals surface area contributed by atoms with Gasteiger partial charge < -0.3 is 15.5 Å². The van der Waals surface area contributed by atoms with Gasteiger partial charge in [-0.05, 0) is 25.0 Å².